The monoisotopic (exact) mass is 267 g/mol. The molecule has 1 aromatic carbocycles. The van der Waals surface area contributed by atoms with Crippen LogP contribution in [0.4, 0.5) is 0 Å². The van der Waals surface area contributed by atoms with E-state index in [2.05, 4.69) is 11.1 Å². The molecule has 0 saturated carbocycles. The molecule has 1 heterocycles. The summed E-state index contributed by atoms with van der Waals surface area (Å²) in [5, 5.41) is 9.63. The SMILES string of the molecule is COc1ccc(Cc2sc(=S)[nH]c2O)cc1C. The minimum Gasteiger partial charge on any atom is -0.496 e. The van der Waals surface area contributed by atoms with Gasteiger partial charge in [-0.15, -0.1) is 11.3 Å². The predicted molar refractivity (Wildman–Crippen MR) is 71.7 cm³/mol. The fourth-order valence-electron chi connectivity index (χ4n) is 1.71. The number of thiazole rings is 1. The van der Waals surface area contributed by atoms with Crippen LogP contribution in [0.25, 0.3) is 0 Å². The molecular weight excluding hydrogens is 254 g/mol. The van der Waals surface area contributed by atoms with E-state index < -0.39 is 0 Å². The summed E-state index contributed by atoms with van der Waals surface area (Å²) < 4.78 is 5.81. The summed E-state index contributed by atoms with van der Waals surface area (Å²) in [6.45, 7) is 2.00. The topological polar surface area (TPSA) is 45.2 Å². The molecule has 5 heteroatoms. The molecule has 0 bridgehead atoms. The fraction of sp³-hybridized carbons (Fsp3) is 0.250. The zero-order valence-corrected chi connectivity index (χ0v) is 11.2. The summed E-state index contributed by atoms with van der Waals surface area (Å²) in [4.78, 5) is 3.59. The van der Waals surface area contributed by atoms with Crippen LogP contribution < -0.4 is 4.74 Å². The molecule has 0 amide bonds. The molecule has 0 radical (unpaired) electrons. The molecule has 1 aromatic heterocycles. The van der Waals surface area contributed by atoms with E-state index in [1.54, 1.807) is 7.11 Å². The van der Waals surface area contributed by atoms with Crippen molar-refractivity contribution < 1.29 is 9.84 Å². The van der Waals surface area contributed by atoms with E-state index in [0.717, 1.165) is 21.8 Å². The van der Waals surface area contributed by atoms with Crippen LogP contribution in [0.1, 0.15) is 16.0 Å². The van der Waals surface area contributed by atoms with Gasteiger partial charge in [0.1, 0.15) is 5.75 Å². The highest BCUT2D eigenvalue weighted by Gasteiger charge is 2.07. The molecule has 0 spiro atoms. The number of aryl methyl sites for hydroxylation is 1. The van der Waals surface area contributed by atoms with Gasteiger partial charge in [-0.3, -0.25) is 0 Å². The van der Waals surface area contributed by atoms with Crippen LogP contribution in [0.3, 0.4) is 0 Å². The Morgan fingerprint density at radius 1 is 1.47 bits per heavy atom. The van der Waals surface area contributed by atoms with Crippen LogP contribution in [0, 0.1) is 10.9 Å². The molecule has 0 aliphatic heterocycles. The lowest BCUT2D eigenvalue weighted by Gasteiger charge is -2.06. The number of aromatic nitrogens is 1. The van der Waals surface area contributed by atoms with Gasteiger partial charge in [0, 0.05) is 6.42 Å². The Hall–Kier alpha value is -1.33. The first-order valence-electron chi connectivity index (χ1n) is 5.14. The Morgan fingerprint density at radius 2 is 2.24 bits per heavy atom. The minimum atomic E-state index is 0.175. The van der Waals surface area contributed by atoms with Gasteiger partial charge >= 0.3 is 0 Å². The molecule has 2 N–H and O–H groups in total. The summed E-state index contributed by atoms with van der Waals surface area (Å²) >= 11 is 6.39. The average Bonchev–Trinajstić information content (AvgIpc) is 2.58. The summed E-state index contributed by atoms with van der Waals surface area (Å²) in [7, 11) is 1.66. The number of H-pyrrole nitrogens is 1. The first-order valence-corrected chi connectivity index (χ1v) is 6.37. The second kappa shape index (κ2) is 4.89. The molecule has 3 nitrogen and oxygen atoms in total. The molecular formula is C12H13NO2S2. The number of aromatic hydroxyl groups is 1. The Kier molecular flexibility index (Phi) is 3.49. The third-order valence-electron chi connectivity index (χ3n) is 2.52. The lowest BCUT2D eigenvalue weighted by Crippen LogP contribution is -1.91. The zero-order chi connectivity index (χ0) is 12.4. The normalized spacial score (nSPS) is 10.5. The van der Waals surface area contributed by atoms with Gasteiger partial charge in [0.05, 0.1) is 12.0 Å². The number of benzene rings is 1. The lowest BCUT2D eigenvalue weighted by atomic mass is 10.1. The van der Waals surface area contributed by atoms with Crippen LogP contribution in [0.2, 0.25) is 0 Å². The van der Waals surface area contributed by atoms with Crippen molar-refractivity contribution in [1.29, 1.82) is 0 Å². The van der Waals surface area contributed by atoms with Crippen LogP contribution in [0.5, 0.6) is 11.6 Å². The van der Waals surface area contributed by atoms with Crippen LogP contribution in [-0.4, -0.2) is 17.2 Å². The van der Waals surface area contributed by atoms with Crippen LogP contribution >= 0.6 is 23.6 Å². The number of nitrogens with one attached hydrogen (secondary N) is 1. The Balaban J connectivity index is 2.27. The Morgan fingerprint density at radius 3 is 2.76 bits per heavy atom. The second-order valence-electron chi connectivity index (χ2n) is 3.77. The summed E-state index contributed by atoms with van der Waals surface area (Å²) in [6, 6.07) is 5.99. The van der Waals surface area contributed by atoms with E-state index in [0.29, 0.717) is 10.4 Å². The predicted octanol–water partition coefficient (Wildman–Crippen LogP) is 3.42. The maximum Gasteiger partial charge on any atom is 0.203 e. The Labute approximate surface area is 109 Å². The van der Waals surface area contributed by atoms with Crippen molar-refractivity contribution in [2.75, 3.05) is 7.11 Å². The third-order valence-corrected chi connectivity index (χ3v) is 3.75. The highest BCUT2D eigenvalue weighted by atomic mass is 32.1. The van der Waals surface area contributed by atoms with Crippen LogP contribution in [0.15, 0.2) is 18.2 Å². The average molecular weight is 267 g/mol. The number of rotatable bonds is 3. The molecule has 0 aliphatic rings. The molecule has 0 aliphatic carbocycles. The molecule has 0 atom stereocenters. The molecule has 90 valence electrons. The highest BCUT2D eigenvalue weighted by molar-refractivity contribution is 7.73. The number of hydrogen-bond donors (Lipinski definition) is 2. The summed E-state index contributed by atoms with van der Waals surface area (Å²) in [5.74, 6) is 1.05. The number of methoxy groups -OCH3 is 1. The zero-order valence-electron chi connectivity index (χ0n) is 9.61. The van der Waals surface area contributed by atoms with E-state index in [4.69, 9.17) is 17.0 Å². The lowest BCUT2D eigenvalue weighted by molar-refractivity contribution is 0.411. The van der Waals surface area contributed by atoms with Crippen molar-refractivity contribution in [1.82, 2.24) is 4.98 Å². The first kappa shape index (κ1) is 12.1. The van der Waals surface area contributed by atoms with Crippen molar-refractivity contribution in [2.24, 2.45) is 0 Å². The van der Waals surface area contributed by atoms with Gasteiger partial charge in [-0.05, 0) is 36.3 Å². The van der Waals surface area contributed by atoms with E-state index in [1.165, 1.54) is 11.3 Å². The van der Waals surface area contributed by atoms with Crippen molar-refractivity contribution in [2.45, 2.75) is 13.3 Å². The van der Waals surface area contributed by atoms with Gasteiger partial charge in [-0.25, -0.2) is 0 Å². The smallest absolute Gasteiger partial charge is 0.203 e. The molecule has 0 fully saturated rings. The standard InChI is InChI=1S/C12H13NO2S2/c1-7-5-8(3-4-9(7)15-2)6-10-11(14)13-12(16)17-10/h3-5,14H,6H2,1-2H3,(H,13,16). The number of ether oxygens (including phenoxy) is 1. The summed E-state index contributed by atoms with van der Waals surface area (Å²) in [6.07, 6.45) is 0.675. The maximum atomic E-state index is 9.63. The molecule has 0 saturated heterocycles. The van der Waals surface area contributed by atoms with E-state index in [1.807, 2.05) is 19.1 Å². The first-order chi connectivity index (χ1) is 8.10. The number of hydrogen-bond acceptors (Lipinski definition) is 4. The second-order valence-corrected chi connectivity index (χ2v) is 5.54. The summed E-state index contributed by atoms with van der Waals surface area (Å²) in [5.41, 5.74) is 2.22. The van der Waals surface area contributed by atoms with E-state index in [-0.39, 0.29) is 5.88 Å². The van der Waals surface area contributed by atoms with Gasteiger partial charge in [-0.1, -0.05) is 12.1 Å². The van der Waals surface area contributed by atoms with Crippen molar-refractivity contribution in [3.63, 3.8) is 0 Å². The minimum absolute atomic E-state index is 0.175. The molecule has 17 heavy (non-hydrogen) atoms. The Bertz CT molecular complexity index is 586. The fourth-order valence-corrected chi connectivity index (χ4v) is 2.86. The molecule has 2 aromatic rings. The van der Waals surface area contributed by atoms with Gasteiger partial charge in [0.2, 0.25) is 5.88 Å². The molecule has 2 rings (SSSR count). The van der Waals surface area contributed by atoms with E-state index in [9.17, 15) is 5.11 Å². The third kappa shape index (κ3) is 2.68. The maximum absolute atomic E-state index is 9.63. The highest BCUT2D eigenvalue weighted by Crippen LogP contribution is 2.26. The van der Waals surface area contributed by atoms with E-state index >= 15 is 0 Å². The van der Waals surface area contributed by atoms with Crippen molar-refractivity contribution in [3.05, 3.63) is 38.2 Å². The van der Waals surface area contributed by atoms with Gasteiger partial charge in [0.25, 0.3) is 0 Å². The van der Waals surface area contributed by atoms with Gasteiger partial charge in [0.15, 0.2) is 3.95 Å². The van der Waals surface area contributed by atoms with Crippen LogP contribution in [-0.2, 0) is 6.42 Å². The largest absolute Gasteiger partial charge is 0.496 e. The van der Waals surface area contributed by atoms with Gasteiger partial charge in [-0.2, -0.15) is 0 Å². The molecule has 0 unspecified atom stereocenters. The number of aromatic amines is 1. The van der Waals surface area contributed by atoms with Crippen molar-refractivity contribution in [3.8, 4) is 11.6 Å². The quantitative estimate of drug-likeness (QED) is 0.838. The van der Waals surface area contributed by atoms with Crippen molar-refractivity contribution >= 4 is 23.6 Å². The van der Waals surface area contributed by atoms with Gasteiger partial charge < -0.3 is 14.8 Å².